The number of aromatic nitrogens is 2. The van der Waals surface area contributed by atoms with Crippen LogP contribution in [0.15, 0.2) is 64.5 Å². The minimum atomic E-state index is -0.000937. The fourth-order valence-corrected chi connectivity index (χ4v) is 4.02. The summed E-state index contributed by atoms with van der Waals surface area (Å²) in [5.74, 6) is 1.13. The Kier molecular flexibility index (Phi) is 8.22. The van der Waals surface area contributed by atoms with Gasteiger partial charge in [0.15, 0.2) is 0 Å². The smallest absolute Gasteiger partial charge is 0.230 e. The zero-order valence-electron chi connectivity index (χ0n) is 16.6. The Balaban J connectivity index is 1.77. The van der Waals surface area contributed by atoms with Crippen LogP contribution in [-0.4, -0.2) is 48.1 Å². The Morgan fingerprint density at radius 3 is 2.55 bits per heavy atom. The number of thioether (sulfide) groups is 2. The lowest BCUT2D eigenvalue weighted by atomic mass is 10.2. The number of hydrogen-bond donors (Lipinski definition) is 2. The Labute approximate surface area is 180 Å². The van der Waals surface area contributed by atoms with Gasteiger partial charge in [-0.2, -0.15) is 0 Å². The summed E-state index contributed by atoms with van der Waals surface area (Å²) in [6, 6.07) is 18.4. The van der Waals surface area contributed by atoms with E-state index in [1.807, 2.05) is 30.3 Å². The fraction of sp³-hybridized carbons (Fsp3) is 0.273. The van der Waals surface area contributed by atoms with E-state index in [-0.39, 0.29) is 5.91 Å². The maximum atomic E-state index is 12.2. The van der Waals surface area contributed by atoms with E-state index < -0.39 is 0 Å². The molecule has 152 valence electrons. The van der Waals surface area contributed by atoms with Gasteiger partial charge < -0.3 is 15.0 Å². The molecule has 2 aromatic carbocycles. The van der Waals surface area contributed by atoms with E-state index in [1.165, 1.54) is 16.7 Å². The number of carbonyl (C=O) groups is 1. The number of nitrogens with zero attached hydrogens (tertiary/aromatic N) is 1. The SMILES string of the molecule is COCCCNC(=O)CSc1nc(-c2ccc(SC)cc2)[nH]c1-c1ccccc1. The Bertz CT molecular complexity index is 912. The highest BCUT2D eigenvalue weighted by atomic mass is 32.2. The molecule has 5 nitrogen and oxygen atoms in total. The lowest BCUT2D eigenvalue weighted by Gasteiger charge is -2.05. The van der Waals surface area contributed by atoms with Gasteiger partial charge in [0.2, 0.25) is 5.91 Å². The maximum Gasteiger partial charge on any atom is 0.230 e. The van der Waals surface area contributed by atoms with Crippen LogP contribution in [0.1, 0.15) is 6.42 Å². The lowest BCUT2D eigenvalue weighted by molar-refractivity contribution is -0.118. The van der Waals surface area contributed by atoms with E-state index in [1.54, 1.807) is 18.9 Å². The van der Waals surface area contributed by atoms with Crippen molar-refractivity contribution in [1.82, 2.24) is 15.3 Å². The van der Waals surface area contributed by atoms with Gasteiger partial charge in [-0.15, -0.1) is 11.8 Å². The van der Waals surface area contributed by atoms with Crippen LogP contribution in [0.2, 0.25) is 0 Å². The zero-order chi connectivity index (χ0) is 20.5. The third-order valence-corrected chi connectivity index (χ3v) is 6.00. The quantitative estimate of drug-likeness (QED) is 0.362. The predicted molar refractivity (Wildman–Crippen MR) is 121 cm³/mol. The van der Waals surface area contributed by atoms with Crippen molar-refractivity contribution in [2.75, 3.05) is 32.3 Å². The molecule has 0 spiro atoms. The summed E-state index contributed by atoms with van der Waals surface area (Å²) in [6.45, 7) is 1.26. The molecule has 3 aromatic rings. The first-order valence-electron chi connectivity index (χ1n) is 9.39. The van der Waals surface area contributed by atoms with Crippen LogP contribution in [0.3, 0.4) is 0 Å². The number of methoxy groups -OCH3 is 1. The van der Waals surface area contributed by atoms with Gasteiger partial charge in [0.05, 0.1) is 11.4 Å². The van der Waals surface area contributed by atoms with Crippen molar-refractivity contribution in [2.45, 2.75) is 16.3 Å². The largest absolute Gasteiger partial charge is 0.385 e. The lowest BCUT2D eigenvalue weighted by Crippen LogP contribution is -2.26. The van der Waals surface area contributed by atoms with Crippen molar-refractivity contribution >= 4 is 29.4 Å². The molecule has 0 radical (unpaired) electrons. The van der Waals surface area contributed by atoms with E-state index in [0.717, 1.165) is 34.1 Å². The maximum absolute atomic E-state index is 12.2. The summed E-state index contributed by atoms with van der Waals surface area (Å²) in [5, 5.41) is 3.74. The second kappa shape index (κ2) is 11.1. The van der Waals surface area contributed by atoms with Gasteiger partial charge in [0, 0.05) is 36.3 Å². The summed E-state index contributed by atoms with van der Waals surface area (Å²) < 4.78 is 5.00. The topological polar surface area (TPSA) is 67.0 Å². The van der Waals surface area contributed by atoms with Crippen LogP contribution in [0.4, 0.5) is 0 Å². The van der Waals surface area contributed by atoms with Crippen molar-refractivity contribution in [2.24, 2.45) is 0 Å². The molecule has 0 atom stereocenters. The van der Waals surface area contributed by atoms with Gasteiger partial charge in [0.25, 0.3) is 0 Å². The minimum Gasteiger partial charge on any atom is -0.385 e. The molecule has 0 aliphatic heterocycles. The summed E-state index contributed by atoms with van der Waals surface area (Å²) in [6.07, 6.45) is 2.87. The average Bonchev–Trinajstić information content (AvgIpc) is 3.20. The van der Waals surface area contributed by atoms with Gasteiger partial charge >= 0.3 is 0 Å². The van der Waals surface area contributed by atoms with E-state index >= 15 is 0 Å². The first-order chi connectivity index (χ1) is 14.2. The standard InChI is InChI=1S/C22H25N3O2S2/c1-27-14-6-13-23-19(26)15-29-22-20(16-7-4-3-5-8-16)24-21(25-22)17-9-11-18(28-2)12-10-17/h3-5,7-12H,6,13-15H2,1-2H3,(H,23,26)(H,24,25). The van der Waals surface area contributed by atoms with Gasteiger partial charge in [-0.1, -0.05) is 54.2 Å². The summed E-state index contributed by atoms with van der Waals surface area (Å²) in [4.78, 5) is 21.6. The van der Waals surface area contributed by atoms with E-state index in [0.29, 0.717) is 18.9 Å². The predicted octanol–water partition coefficient (Wildman–Crippen LogP) is 4.71. The van der Waals surface area contributed by atoms with Gasteiger partial charge in [0.1, 0.15) is 10.9 Å². The number of amides is 1. The van der Waals surface area contributed by atoms with Crippen molar-refractivity contribution < 1.29 is 9.53 Å². The van der Waals surface area contributed by atoms with Gasteiger partial charge in [-0.25, -0.2) is 4.98 Å². The number of carbonyl (C=O) groups excluding carboxylic acids is 1. The molecule has 1 heterocycles. The fourth-order valence-electron chi connectivity index (χ4n) is 2.78. The Morgan fingerprint density at radius 2 is 1.86 bits per heavy atom. The molecule has 2 N–H and O–H groups in total. The molecule has 0 aliphatic rings. The number of hydrogen-bond acceptors (Lipinski definition) is 5. The van der Waals surface area contributed by atoms with Crippen LogP contribution in [0.25, 0.3) is 22.6 Å². The van der Waals surface area contributed by atoms with Crippen LogP contribution >= 0.6 is 23.5 Å². The molecule has 0 fully saturated rings. The summed E-state index contributed by atoms with van der Waals surface area (Å²) in [5.41, 5.74) is 3.01. The molecule has 7 heteroatoms. The summed E-state index contributed by atoms with van der Waals surface area (Å²) in [7, 11) is 1.66. The number of imidazole rings is 1. The second-order valence-electron chi connectivity index (χ2n) is 6.35. The third kappa shape index (κ3) is 6.13. The molecule has 3 rings (SSSR count). The van der Waals surface area contributed by atoms with Gasteiger partial charge in [-0.05, 0) is 24.8 Å². The molecule has 1 aromatic heterocycles. The molecule has 29 heavy (non-hydrogen) atoms. The third-order valence-electron chi connectivity index (χ3n) is 4.28. The van der Waals surface area contributed by atoms with Crippen LogP contribution < -0.4 is 5.32 Å². The molecule has 0 bridgehead atoms. The molecule has 1 amide bonds. The Hall–Kier alpha value is -2.22. The van der Waals surface area contributed by atoms with Crippen LogP contribution in [-0.2, 0) is 9.53 Å². The number of ether oxygens (including phenoxy) is 1. The minimum absolute atomic E-state index is 0.000937. The van der Waals surface area contributed by atoms with Crippen molar-refractivity contribution in [1.29, 1.82) is 0 Å². The summed E-state index contributed by atoms with van der Waals surface area (Å²) >= 11 is 3.16. The number of benzene rings is 2. The van der Waals surface area contributed by atoms with E-state index in [9.17, 15) is 4.79 Å². The van der Waals surface area contributed by atoms with E-state index in [4.69, 9.17) is 9.72 Å². The first-order valence-corrected chi connectivity index (χ1v) is 11.6. The number of nitrogens with one attached hydrogen (secondary N) is 2. The monoisotopic (exact) mass is 427 g/mol. The highest BCUT2D eigenvalue weighted by Gasteiger charge is 2.15. The molecule has 0 unspecified atom stereocenters. The zero-order valence-corrected chi connectivity index (χ0v) is 18.2. The highest BCUT2D eigenvalue weighted by Crippen LogP contribution is 2.32. The molecule has 0 aliphatic carbocycles. The second-order valence-corrected chi connectivity index (χ2v) is 8.19. The van der Waals surface area contributed by atoms with E-state index in [2.05, 4.69) is 40.8 Å². The van der Waals surface area contributed by atoms with Crippen molar-refractivity contribution in [3.8, 4) is 22.6 Å². The highest BCUT2D eigenvalue weighted by molar-refractivity contribution is 8.00. The number of rotatable bonds is 10. The van der Waals surface area contributed by atoms with Crippen molar-refractivity contribution in [3.05, 3.63) is 54.6 Å². The average molecular weight is 428 g/mol. The Morgan fingerprint density at radius 1 is 1.10 bits per heavy atom. The molecular formula is C22H25N3O2S2. The van der Waals surface area contributed by atoms with Crippen LogP contribution in [0.5, 0.6) is 0 Å². The number of H-pyrrole nitrogens is 1. The van der Waals surface area contributed by atoms with Crippen LogP contribution in [0, 0.1) is 0 Å². The van der Waals surface area contributed by atoms with Gasteiger partial charge in [-0.3, -0.25) is 4.79 Å². The molecule has 0 saturated heterocycles. The normalized spacial score (nSPS) is 10.8. The van der Waals surface area contributed by atoms with Crippen molar-refractivity contribution in [3.63, 3.8) is 0 Å². The number of aromatic amines is 1. The molecular weight excluding hydrogens is 402 g/mol. The first kappa shape index (κ1) is 21.5. The molecule has 0 saturated carbocycles.